The number of aryl methyl sites for hydroxylation is 1. The standard InChI is InChI=1S/C23H27N3O3/c1-16-3-4-20-19(13-16)18-7-11-25(2)14-21(18)26(20)15-22(29-12-8-23(27)28)17-5-9-24-10-6-17/h3-6,9-10,13,22H,7-8,11-12,14-15H2,1-2H3,(H,27,28). The van der Waals surface area contributed by atoms with Crippen LogP contribution in [0.5, 0.6) is 0 Å². The maximum Gasteiger partial charge on any atom is 0.305 e. The molecule has 0 amide bonds. The molecule has 1 aromatic carbocycles. The summed E-state index contributed by atoms with van der Waals surface area (Å²) in [5.74, 6) is -0.848. The molecule has 2 aromatic heterocycles. The number of likely N-dealkylation sites (N-methyl/N-ethyl adjacent to an activating group) is 1. The van der Waals surface area contributed by atoms with Gasteiger partial charge in [-0.05, 0) is 55.8 Å². The topological polar surface area (TPSA) is 67.6 Å². The summed E-state index contributed by atoms with van der Waals surface area (Å²) < 4.78 is 8.43. The number of carboxylic acid groups (broad SMARTS) is 1. The molecule has 1 N–H and O–H groups in total. The highest BCUT2D eigenvalue weighted by Gasteiger charge is 2.25. The predicted octanol–water partition coefficient (Wildman–Crippen LogP) is 3.57. The molecule has 6 heteroatoms. The van der Waals surface area contributed by atoms with Gasteiger partial charge in [-0.15, -0.1) is 0 Å². The minimum atomic E-state index is -0.848. The van der Waals surface area contributed by atoms with E-state index >= 15 is 0 Å². The minimum absolute atomic E-state index is 0.00590. The molecule has 0 bridgehead atoms. The Kier molecular flexibility index (Phi) is 5.65. The third-order valence-electron chi connectivity index (χ3n) is 5.67. The zero-order chi connectivity index (χ0) is 20.4. The van der Waals surface area contributed by atoms with Crippen molar-refractivity contribution in [2.45, 2.75) is 39.0 Å². The molecular weight excluding hydrogens is 366 g/mol. The zero-order valence-electron chi connectivity index (χ0n) is 17.0. The number of carboxylic acids is 1. The monoisotopic (exact) mass is 393 g/mol. The van der Waals surface area contributed by atoms with Crippen molar-refractivity contribution in [3.63, 3.8) is 0 Å². The van der Waals surface area contributed by atoms with Crippen LogP contribution < -0.4 is 0 Å². The lowest BCUT2D eigenvalue weighted by Crippen LogP contribution is -2.28. The van der Waals surface area contributed by atoms with E-state index in [1.54, 1.807) is 12.4 Å². The van der Waals surface area contributed by atoms with Gasteiger partial charge in [0.05, 0.1) is 19.6 Å². The molecule has 152 valence electrons. The third kappa shape index (κ3) is 4.18. The van der Waals surface area contributed by atoms with E-state index in [0.717, 1.165) is 25.1 Å². The summed E-state index contributed by atoms with van der Waals surface area (Å²) in [5.41, 5.74) is 6.26. The van der Waals surface area contributed by atoms with Crippen LogP contribution in [-0.2, 0) is 29.0 Å². The number of hydrogen-bond donors (Lipinski definition) is 1. The Hall–Kier alpha value is -2.70. The highest BCUT2D eigenvalue weighted by molar-refractivity contribution is 5.86. The maximum atomic E-state index is 11.0. The number of nitrogens with zero attached hydrogens (tertiary/aromatic N) is 3. The lowest BCUT2D eigenvalue weighted by molar-refractivity contribution is -0.138. The summed E-state index contributed by atoms with van der Waals surface area (Å²) in [7, 11) is 2.15. The van der Waals surface area contributed by atoms with Crippen molar-refractivity contribution >= 4 is 16.9 Å². The number of ether oxygens (including phenoxy) is 1. The van der Waals surface area contributed by atoms with Crippen LogP contribution in [0.15, 0.2) is 42.7 Å². The van der Waals surface area contributed by atoms with Gasteiger partial charge >= 0.3 is 5.97 Å². The second kappa shape index (κ2) is 8.35. The fraction of sp³-hybridized carbons (Fsp3) is 0.391. The molecule has 1 aliphatic heterocycles. The normalized spacial score (nSPS) is 15.4. The summed E-state index contributed by atoms with van der Waals surface area (Å²) in [4.78, 5) is 17.4. The first-order valence-electron chi connectivity index (χ1n) is 10.1. The first-order chi connectivity index (χ1) is 14.0. The lowest BCUT2D eigenvalue weighted by atomic mass is 10.0. The van der Waals surface area contributed by atoms with E-state index < -0.39 is 5.97 Å². The van der Waals surface area contributed by atoms with E-state index in [9.17, 15) is 4.79 Å². The Morgan fingerprint density at radius 1 is 1.28 bits per heavy atom. The number of aliphatic carboxylic acids is 1. The molecule has 1 atom stereocenters. The minimum Gasteiger partial charge on any atom is -0.481 e. The van der Waals surface area contributed by atoms with Gasteiger partial charge in [-0.3, -0.25) is 9.78 Å². The number of pyridine rings is 1. The Balaban J connectivity index is 1.73. The van der Waals surface area contributed by atoms with Crippen LogP contribution in [0.3, 0.4) is 0 Å². The van der Waals surface area contributed by atoms with Crippen molar-refractivity contribution in [1.29, 1.82) is 0 Å². The van der Waals surface area contributed by atoms with Gasteiger partial charge in [0.25, 0.3) is 0 Å². The van der Waals surface area contributed by atoms with Crippen LogP contribution in [0, 0.1) is 6.92 Å². The summed E-state index contributed by atoms with van der Waals surface area (Å²) in [6.07, 6.45) is 4.31. The van der Waals surface area contributed by atoms with Gasteiger partial charge in [-0.2, -0.15) is 0 Å². The Labute approximate surface area is 170 Å². The molecule has 3 aromatic rings. The summed E-state index contributed by atoms with van der Waals surface area (Å²) in [6, 6.07) is 10.5. The van der Waals surface area contributed by atoms with E-state index in [2.05, 4.69) is 46.6 Å². The summed E-state index contributed by atoms with van der Waals surface area (Å²) in [6.45, 7) is 4.92. The van der Waals surface area contributed by atoms with E-state index in [0.29, 0.717) is 6.54 Å². The predicted molar refractivity (Wildman–Crippen MR) is 112 cm³/mol. The number of benzene rings is 1. The molecule has 0 spiro atoms. The Morgan fingerprint density at radius 3 is 2.83 bits per heavy atom. The van der Waals surface area contributed by atoms with Crippen molar-refractivity contribution in [2.24, 2.45) is 0 Å². The molecular formula is C23H27N3O3. The van der Waals surface area contributed by atoms with Crippen LogP contribution in [0.2, 0.25) is 0 Å². The van der Waals surface area contributed by atoms with Crippen LogP contribution in [0.4, 0.5) is 0 Å². The number of aromatic nitrogens is 2. The summed E-state index contributed by atoms with van der Waals surface area (Å²) >= 11 is 0. The highest BCUT2D eigenvalue weighted by Crippen LogP contribution is 2.33. The lowest BCUT2D eigenvalue weighted by Gasteiger charge is -2.26. The van der Waals surface area contributed by atoms with Crippen molar-refractivity contribution in [1.82, 2.24) is 14.5 Å². The molecule has 29 heavy (non-hydrogen) atoms. The summed E-state index contributed by atoms with van der Waals surface area (Å²) in [5, 5.41) is 10.3. The third-order valence-corrected chi connectivity index (χ3v) is 5.67. The first kappa shape index (κ1) is 19.6. The van der Waals surface area contributed by atoms with E-state index in [-0.39, 0.29) is 19.1 Å². The van der Waals surface area contributed by atoms with Gasteiger partial charge in [0.15, 0.2) is 0 Å². The quantitative estimate of drug-likeness (QED) is 0.665. The molecule has 3 heterocycles. The highest BCUT2D eigenvalue weighted by atomic mass is 16.5. The largest absolute Gasteiger partial charge is 0.481 e. The van der Waals surface area contributed by atoms with Gasteiger partial charge in [0.2, 0.25) is 0 Å². The second-order valence-corrected chi connectivity index (χ2v) is 7.83. The van der Waals surface area contributed by atoms with Crippen molar-refractivity contribution in [2.75, 3.05) is 20.2 Å². The van der Waals surface area contributed by atoms with Crippen LogP contribution in [0.25, 0.3) is 10.9 Å². The molecule has 4 rings (SSSR count). The number of rotatable bonds is 7. The molecule has 1 unspecified atom stereocenters. The fourth-order valence-corrected chi connectivity index (χ4v) is 4.18. The van der Waals surface area contributed by atoms with Gasteiger partial charge in [-0.1, -0.05) is 11.6 Å². The average molecular weight is 393 g/mol. The fourth-order valence-electron chi connectivity index (χ4n) is 4.18. The maximum absolute atomic E-state index is 11.0. The molecule has 0 fully saturated rings. The zero-order valence-corrected chi connectivity index (χ0v) is 17.0. The van der Waals surface area contributed by atoms with Crippen molar-refractivity contribution < 1.29 is 14.6 Å². The molecule has 0 aliphatic carbocycles. The first-order valence-corrected chi connectivity index (χ1v) is 10.1. The molecule has 0 saturated carbocycles. The van der Waals surface area contributed by atoms with E-state index in [4.69, 9.17) is 9.84 Å². The van der Waals surface area contributed by atoms with Gasteiger partial charge < -0.3 is 19.3 Å². The number of carbonyl (C=O) groups is 1. The van der Waals surface area contributed by atoms with Crippen LogP contribution in [0.1, 0.15) is 34.9 Å². The smallest absolute Gasteiger partial charge is 0.305 e. The molecule has 1 aliphatic rings. The molecule has 0 saturated heterocycles. The number of hydrogen-bond acceptors (Lipinski definition) is 4. The van der Waals surface area contributed by atoms with Gasteiger partial charge in [-0.25, -0.2) is 0 Å². The SMILES string of the molecule is Cc1ccc2c(c1)c1c(n2CC(OCCC(=O)O)c2ccncc2)CN(C)CC1. The number of fused-ring (bicyclic) bond motifs is 3. The van der Waals surface area contributed by atoms with Crippen molar-refractivity contribution in [3.05, 3.63) is 65.1 Å². The van der Waals surface area contributed by atoms with E-state index in [1.165, 1.54) is 27.7 Å². The molecule has 6 nitrogen and oxygen atoms in total. The Bertz CT molecular complexity index is 1010. The Morgan fingerprint density at radius 2 is 2.07 bits per heavy atom. The van der Waals surface area contributed by atoms with E-state index in [1.807, 2.05) is 12.1 Å². The van der Waals surface area contributed by atoms with Crippen LogP contribution >= 0.6 is 0 Å². The average Bonchev–Trinajstić information content (AvgIpc) is 2.99. The van der Waals surface area contributed by atoms with Gasteiger partial charge in [0.1, 0.15) is 6.10 Å². The van der Waals surface area contributed by atoms with Crippen LogP contribution in [-0.4, -0.2) is 45.7 Å². The second-order valence-electron chi connectivity index (χ2n) is 7.83. The molecule has 0 radical (unpaired) electrons. The van der Waals surface area contributed by atoms with Gasteiger partial charge in [0, 0.05) is 42.1 Å². The van der Waals surface area contributed by atoms with Crippen molar-refractivity contribution in [3.8, 4) is 0 Å².